The van der Waals surface area contributed by atoms with Crippen LogP contribution in [0.5, 0.6) is 5.75 Å². The zero-order valence-electron chi connectivity index (χ0n) is 22.8. The van der Waals surface area contributed by atoms with Crippen molar-refractivity contribution in [3.8, 4) is 5.75 Å². The van der Waals surface area contributed by atoms with Crippen molar-refractivity contribution >= 4 is 10.9 Å². The monoisotopic (exact) mass is 526 g/mol. The van der Waals surface area contributed by atoms with Gasteiger partial charge in [0.2, 0.25) is 0 Å². The van der Waals surface area contributed by atoms with Crippen LogP contribution >= 0.6 is 0 Å². The van der Waals surface area contributed by atoms with Crippen molar-refractivity contribution in [3.05, 3.63) is 105 Å². The summed E-state index contributed by atoms with van der Waals surface area (Å²) in [5, 5.41) is 13.8. The Hall–Kier alpha value is -4.24. The second-order valence-electron chi connectivity index (χ2n) is 9.98. The number of pyridine rings is 1. The molecule has 9 nitrogen and oxygen atoms in total. The number of hydrogen-bond acceptors (Lipinski definition) is 7. The maximum absolute atomic E-state index is 13.2. The van der Waals surface area contributed by atoms with Crippen molar-refractivity contribution in [1.29, 1.82) is 0 Å². The van der Waals surface area contributed by atoms with Crippen molar-refractivity contribution in [2.24, 2.45) is 0 Å². The summed E-state index contributed by atoms with van der Waals surface area (Å²) in [4.78, 5) is 18.6. The highest BCUT2D eigenvalue weighted by Gasteiger charge is 2.27. The summed E-state index contributed by atoms with van der Waals surface area (Å²) in [6, 6.07) is 17.7. The van der Waals surface area contributed by atoms with E-state index in [1.165, 1.54) is 5.56 Å². The van der Waals surface area contributed by atoms with Crippen LogP contribution in [0.4, 0.5) is 0 Å². The first-order valence-electron chi connectivity index (χ1n) is 13.2. The molecule has 9 heteroatoms. The van der Waals surface area contributed by atoms with Gasteiger partial charge in [-0.15, -0.1) is 5.10 Å². The van der Waals surface area contributed by atoms with Gasteiger partial charge in [-0.3, -0.25) is 9.69 Å². The number of nitrogens with one attached hydrogen (secondary N) is 1. The summed E-state index contributed by atoms with van der Waals surface area (Å²) in [6.07, 6.45) is 3.40. The van der Waals surface area contributed by atoms with Gasteiger partial charge in [0.15, 0.2) is 5.82 Å². The molecule has 1 N–H and O–H groups in total. The highest BCUT2D eigenvalue weighted by molar-refractivity contribution is 5.80. The molecule has 3 heterocycles. The lowest BCUT2D eigenvalue weighted by molar-refractivity contribution is 0.144. The molecule has 39 heavy (non-hydrogen) atoms. The average molecular weight is 527 g/mol. The molecule has 0 aliphatic rings. The number of aromatic amines is 1. The number of aryl methyl sites for hydroxylation is 2. The fourth-order valence-electron chi connectivity index (χ4n) is 4.95. The average Bonchev–Trinajstić information content (AvgIpc) is 3.61. The lowest BCUT2D eigenvalue weighted by Gasteiger charge is -2.30. The van der Waals surface area contributed by atoms with E-state index >= 15 is 0 Å². The molecule has 1 atom stereocenters. The number of rotatable bonds is 11. The SMILES string of the molecule is CCCC(c1nnnn1Cc1ccc(OC)cc1)N(Cc1ccco1)Cc1cc2cc(C)c(C)cc2[nH]c1=O. The number of hydrogen-bond donors (Lipinski definition) is 1. The fourth-order valence-corrected chi connectivity index (χ4v) is 4.95. The van der Waals surface area contributed by atoms with E-state index in [-0.39, 0.29) is 11.6 Å². The van der Waals surface area contributed by atoms with Gasteiger partial charge in [0.1, 0.15) is 11.5 Å². The third-order valence-electron chi connectivity index (χ3n) is 7.20. The molecular formula is C30H34N6O3. The van der Waals surface area contributed by atoms with E-state index in [9.17, 15) is 4.79 Å². The van der Waals surface area contributed by atoms with E-state index in [2.05, 4.69) is 52.2 Å². The van der Waals surface area contributed by atoms with Crippen LogP contribution in [0.3, 0.4) is 0 Å². The highest BCUT2D eigenvalue weighted by atomic mass is 16.5. The molecule has 0 spiro atoms. The molecule has 0 radical (unpaired) electrons. The minimum atomic E-state index is -0.136. The molecule has 0 fully saturated rings. The van der Waals surface area contributed by atoms with Crippen LogP contribution in [0.25, 0.3) is 10.9 Å². The first-order valence-corrected chi connectivity index (χ1v) is 13.2. The predicted octanol–water partition coefficient (Wildman–Crippen LogP) is 5.32. The zero-order chi connectivity index (χ0) is 27.4. The summed E-state index contributed by atoms with van der Waals surface area (Å²) in [7, 11) is 1.65. The van der Waals surface area contributed by atoms with Crippen LogP contribution in [0.2, 0.25) is 0 Å². The molecule has 202 valence electrons. The number of ether oxygens (including phenoxy) is 1. The highest BCUT2D eigenvalue weighted by Crippen LogP contribution is 2.29. The maximum atomic E-state index is 13.2. The lowest BCUT2D eigenvalue weighted by atomic mass is 10.0. The molecule has 5 rings (SSSR count). The van der Waals surface area contributed by atoms with Gasteiger partial charge in [0, 0.05) is 17.6 Å². The van der Waals surface area contributed by atoms with Crippen LogP contribution in [0.15, 0.2) is 70.1 Å². The number of fused-ring (bicyclic) bond motifs is 1. The van der Waals surface area contributed by atoms with Gasteiger partial charge in [-0.2, -0.15) is 0 Å². The number of nitrogens with zero attached hydrogens (tertiary/aromatic N) is 5. The van der Waals surface area contributed by atoms with Crippen molar-refractivity contribution in [1.82, 2.24) is 30.1 Å². The minimum absolute atomic E-state index is 0.0942. The molecule has 0 saturated heterocycles. The lowest BCUT2D eigenvalue weighted by Crippen LogP contribution is -2.32. The van der Waals surface area contributed by atoms with E-state index in [0.717, 1.165) is 52.2 Å². The van der Waals surface area contributed by atoms with Crippen LogP contribution in [-0.4, -0.2) is 37.2 Å². The molecule has 1 unspecified atom stereocenters. The largest absolute Gasteiger partial charge is 0.497 e. The van der Waals surface area contributed by atoms with E-state index in [4.69, 9.17) is 9.15 Å². The summed E-state index contributed by atoms with van der Waals surface area (Å²) in [6.45, 7) is 7.73. The Bertz CT molecular complexity index is 1590. The van der Waals surface area contributed by atoms with Crippen LogP contribution in [-0.2, 0) is 19.6 Å². The van der Waals surface area contributed by atoms with E-state index in [1.54, 1.807) is 13.4 Å². The molecule has 0 bridgehead atoms. The maximum Gasteiger partial charge on any atom is 0.252 e. The summed E-state index contributed by atoms with van der Waals surface area (Å²) < 4.78 is 12.9. The smallest absolute Gasteiger partial charge is 0.252 e. The van der Waals surface area contributed by atoms with E-state index in [1.807, 2.05) is 53.2 Å². The van der Waals surface area contributed by atoms with Crippen molar-refractivity contribution in [2.75, 3.05) is 7.11 Å². The molecule has 0 aliphatic heterocycles. The summed E-state index contributed by atoms with van der Waals surface area (Å²) in [5.41, 5.74) is 4.84. The standard InChI is InChI=1S/C30H34N6O3/c1-5-7-28(29-32-33-34-36(29)17-22-9-11-25(38-4)12-10-22)35(19-26-8-6-13-39-26)18-24-16-23-14-20(2)21(3)15-27(23)31-30(24)37/h6,8-16,28H,5,7,17-19H2,1-4H3,(H,31,37). The van der Waals surface area contributed by atoms with E-state index < -0.39 is 0 Å². The summed E-state index contributed by atoms with van der Waals surface area (Å²) >= 11 is 0. The van der Waals surface area contributed by atoms with Gasteiger partial charge in [-0.1, -0.05) is 25.5 Å². The molecule has 0 amide bonds. The third-order valence-corrected chi connectivity index (χ3v) is 7.20. The number of aromatic nitrogens is 5. The number of tetrazole rings is 1. The normalized spacial score (nSPS) is 12.3. The number of furan rings is 1. The van der Waals surface area contributed by atoms with Crippen LogP contribution < -0.4 is 10.3 Å². The number of H-pyrrole nitrogens is 1. The minimum Gasteiger partial charge on any atom is -0.497 e. The van der Waals surface area contributed by atoms with Crippen LogP contribution in [0, 0.1) is 13.8 Å². The fraction of sp³-hybridized carbons (Fsp3) is 0.333. The quantitative estimate of drug-likeness (QED) is 0.248. The molecule has 0 aliphatic carbocycles. The van der Waals surface area contributed by atoms with Gasteiger partial charge in [-0.05, 0) is 95.2 Å². The Morgan fingerprint density at radius 3 is 2.59 bits per heavy atom. The molecule has 0 saturated carbocycles. The number of methoxy groups -OCH3 is 1. The van der Waals surface area contributed by atoms with Gasteiger partial charge < -0.3 is 14.1 Å². The summed E-state index contributed by atoms with van der Waals surface area (Å²) in [5.74, 6) is 2.37. The zero-order valence-corrected chi connectivity index (χ0v) is 22.8. The second kappa shape index (κ2) is 11.7. The van der Waals surface area contributed by atoms with Gasteiger partial charge in [0.25, 0.3) is 5.56 Å². The number of benzene rings is 2. The molecule has 2 aromatic carbocycles. The Kier molecular flexibility index (Phi) is 7.88. The molecular weight excluding hydrogens is 492 g/mol. The van der Waals surface area contributed by atoms with E-state index in [0.29, 0.717) is 25.2 Å². The second-order valence-corrected chi connectivity index (χ2v) is 9.98. The van der Waals surface area contributed by atoms with Crippen molar-refractivity contribution in [2.45, 2.75) is 59.3 Å². The Morgan fingerprint density at radius 2 is 1.87 bits per heavy atom. The Morgan fingerprint density at radius 1 is 1.08 bits per heavy atom. The third kappa shape index (κ3) is 5.93. The molecule has 3 aromatic heterocycles. The topological polar surface area (TPSA) is 102 Å². The van der Waals surface area contributed by atoms with Gasteiger partial charge >= 0.3 is 0 Å². The first-order chi connectivity index (χ1) is 18.9. The Balaban J connectivity index is 1.51. The van der Waals surface area contributed by atoms with Gasteiger partial charge in [-0.25, -0.2) is 4.68 Å². The van der Waals surface area contributed by atoms with Gasteiger partial charge in [0.05, 0.1) is 32.5 Å². The van der Waals surface area contributed by atoms with Crippen molar-refractivity contribution in [3.63, 3.8) is 0 Å². The molecule has 5 aromatic rings. The Labute approximate surface area is 227 Å². The first kappa shape index (κ1) is 26.4. The van der Waals surface area contributed by atoms with Crippen molar-refractivity contribution < 1.29 is 9.15 Å². The van der Waals surface area contributed by atoms with Crippen LogP contribution in [0.1, 0.15) is 59.6 Å². The predicted molar refractivity (Wildman–Crippen MR) is 150 cm³/mol.